The molecule has 2 aromatic rings. The Morgan fingerprint density at radius 1 is 1.30 bits per heavy atom. The molecule has 1 aromatic carbocycles. The number of aromatic nitrogens is 1. The molecule has 1 aromatic heterocycles. The molecule has 2 atom stereocenters. The van der Waals surface area contributed by atoms with E-state index in [1.54, 1.807) is 13.1 Å². The van der Waals surface area contributed by atoms with Gasteiger partial charge in [0, 0.05) is 30.2 Å². The number of benzene rings is 1. The molecule has 37 heavy (non-hydrogen) atoms. The Kier molecular flexibility index (Phi) is 8.85. The van der Waals surface area contributed by atoms with E-state index in [0.717, 1.165) is 40.9 Å². The zero-order valence-electron chi connectivity index (χ0n) is 20.6. The van der Waals surface area contributed by atoms with E-state index in [9.17, 15) is 22.4 Å². The number of ether oxygens (including phenoxy) is 1. The highest BCUT2D eigenvalue weighted by Crippen LogP contribution is 2.41. The molecule has 1 saturated heterocycles. The van der Waals surface area contributed by atoms with Crippen LogP contribution in [-0.4, -0.2) is 49.3 Å². The van der Waals surface area contributed by atoms with Crippen molar-refractivity contribution in [3.05, 3.63) is 45.1 Å². The van der Waals surface area contributed by atoms with Gasteiger partial charge in [-0.3, -0.25) is 9.59 Å². The molecule has 0 spiro atoms. The molecule has 0 bridgehead atoms. The van der Waals surface area contributed by atoms with Gasteiger partial charge in [-0.25, -0.2) is 9.37 Å². The van der Waals surface area contributed by atoms with Crippen LogP contribution in [0.2, 0.25) is 5.02 Å². The Bertz CT molecular complexity index is 1250. The van der Waals surface area contributed by atoms with E-state index in [1.165, 1.54) is 30.5 Å². The standard InChI is InChI=1S/C24H30ClFN4O5S2/c1-3-35-22(31)10-14-4-6-15(7-5-14)21-13-27-24(36-21)19-12-20(30(2)37(33,34)29-19)23(32)28-16-8-9-18(26)17(25)11-16/h8-9,11,13-15,19-20,29H,3-7,10,12H2,1-2H3,(H,28,32). The minimum atomic E-state index is -3.94. The smallest absolute Gasteiger partial charge is 0.306 e. The maximum Gasteiger partial charge on any atom is 0.306 e. The molecule has 2 unspecified atom stereocenters. The average molecular weight is 573 g/mol. The number of amides is 1. The summed E-state index contributed by atoms with van der Waals surface area (Å²) in [7, 11) is -2.60. The summed E-state index contributed by atoms with van der Waals surface area (Å²) in [4.78, 5) is 30.4. The number of nitrogens with zero attached hydrogens (tertiary/aromatic N) is 2. The van der Waals surface area contributed by atoms with E-state index in [1.807, 2.05) is 0 Å². The van der Waals surface area contributed by atoms with Crippen molar-refractivity contribution in [1.29, 1.82) is 0 Å². The van der Waals surface area contributed by atoms with Gasteiger partial charge in [0.15, 0.2) is 0 Å². The molecule has 2 aliphatic rings. The lowest BCUT2D eigenvalue weighted by atomic mass is 9.80. The number of esters is 1. The molecule has 1 aliphatic carbocycles. The number of halogens is 2. The van der Waals surface area contributed by atoms with Crippen molar-refractivity contribution in [3.63, 3.8) is 0 Å². The summed E-state index contributed by atoms with van der Waals surface area (Å²) in [5.41, 5.74) is 0.271. The summed E-state index contributed by atoms with van der Waals surface area (Å²) < 4.78 is 47.8. The maximum absolute atomic E-state index is 13.5. The lowest BCUT2D eigenvalue weighted by Crippen LogP contribution is -2.55. The molecule has 1 saturated carbocycles. The van der Waals surface area contributed by atoms with Crippen LogP contribution in [0.1, 0.15) is 67.3 Å². The third-order valence-corrected chi connectivity index (χ3v) is 10.1. The Morgan fingerprint density at radius 2 is 2.03 bits per heavy atom. The predicted octanol–water partition coefficient (Wildman–Crippen LogP) is 4.38. The van der Waals surface area contributed by atoms with Gasteiger partial charge in [-0.2, -0.15) is 17.4 Å². The topological polar surface area (TPSA) is 118 Å². The number of hydrogen-bond donors (Lipinski definition) is 2. The largest absolute Gasteiger partial charge is 0.466 e. The second-order valence-corrected chi connectivity index (χ2v) is 12.7. The molecule has 2 fully saturated rings. The van der Waals surface area contributed by atoms with Crippen molar-refractivity contribution in [3.8, 4) is 0 Å². The van der Waals surface area contributed by atoms with Gasteiger partial charge in [-0.1, -0.05) is 11.6 Å². The number of carbonyl (C=O) groups excluding carboxylic acids is 2. The van der Waals surface area contributed by atoms with Crippen molar-refractivity contribution in [2.24, 2.45) is 5.92 Å². The van der Waals surface area contributed by atoms with Gasteiger partial charge in [-0.05, 0) is 69.1 Å². The Labute approximate surface area is 224 Å². The zero-order valence-corrected chi connectivity index (χ0v) is 23.0. The van der Waals surface area contributed by atoms with E-state index in [-0.39, 0.29) is 23.1 Å². The molecule has 202 valence electrons. The number of anilines is 1. The van der Waals surface area contributed by atoms with Gasteiger partial charge in [0.05, 0.1) is 17.7 Å². The molecule has 13 heteroatoms. The highest BCUT2D eigenvalue weighted by molar-refractivity contribution is 7.87. The summed E-state index contributed by atoms with van der Waals surface area (Å²) in [6.45, 7) is 2.19. The molecule has 2 heterocycles. The molecule has 4 rings (SSSR count). The number of thiazole rings is 1. The summed E-state index contributed by atoms with van der Waals surface area (Å²) >= 11 is 7.25. The third kappa shape index (κ3) is 6.66. The minimum absolute atomic E-state index is 0.146. The second-order valence-electron chi connectivity index (χ2n) is 9.39. The first-order chi connectivity index (χ1) is 17.6. The molecule has 0 radical (unpaired) electrons. The molecular formula is C24H30ClFN4O5S2. The van der Waals surface area contributed by atoms with Crippen LogP contribution < -0.4 is 10.0 Å². The van der Waals surface area contributed by atoms with Crippen LogP contribution >= 0.6 is 22.9 Å². The van der Waals surface area contributed by atoms with Crippen LogP contribution in [0.3, 0.4) is 0 Å². The highest BCUT2D eigenvalue weighted by Gasteiger charge is 2.42. The van der Waals surface area contributed by atoms with Crippen molar-refractivity contribution < 1.29 is 27.1 Å². The first-order valence-electron chi connectivity index (χ1n) is 12.2. The van der Waals surface area contributed by atoms with Gasteiger partial charge in [0.25, 0.3) is 10.2 Å². The molecular weight excluding hydrogens is 543 g/mol. The summed E-state index contributed by atoms with van der Waals surface area (Å²) in [6, 6.07) is 2.11. The van der Waals surface area contributed by atoms with E-state index < -0.39 is 34.0 Å². The summed E-state index contributed by atoms with van der Waals surface area (Å²) in [6.07, 6.45) is 6.11. The fraction of sp³-hybridized carbons (Fsp3) is 0.542. The first kappa shape index (κ1) is 27.9. The van der Waals surface area contributed by atoms with Gasteiger partial charge >= 0.3 is 5.97 Å². The first-order valence-corrected chi connectivity index (χ1v) is 14.8. The van der Waals surface area contributed by atoms with Crippen molar-refractivity contribution in [2.45, 2.75) is 63.5 Å². The second kappa shape index (κ2) is 11.7. The minimum Gasteiger partial charge on any atom is -0.466 e. The van der Waals surface area contributed by atoms with Gasteiger partial charge < -0.3 is 10.1 Å². The predicted molar refractivity (Wildman–Crippen MR) is 139 cm³/mol. The average Bonchev–Trinajstić information content (AvgIpc) is 3.34. The van der Waals surface area contributed by atoms with Gasteiger partial charge in [0.1, 0.15) is 16.9 Å². The lowest BCUT2D eigenvalue weighted by molar-refractivity contribution is -0.144. The molecule has 2 N–H and O–H groups in total. The van der Waals surface area contributed by atoms with Crippen LogP contribution in [0.5, 0.6) is 0 Å². The number of nitrogens with one attached hydrogen (secondary N) is 2. The van der Waals surface area contributed by atoms with Crippen LogP contribution in [-0.2, 0) is 24.5 Å². The highest BCUT2D eigenvalue weighted by atomic mass is 35.5. The van der Waals surface area contributed by atoms with Crippen molar-refractivity contribution >= 4 is 50.7 Å². The van der Waals surface area contributed by atoms with Crippen molar-refractivity contribution in [1.82, 2.24) is 14.0 Å². The number of carbonyl (C=O) groups is 2. The monoisotopic (exact) mass is 572 g/mol. The number of hydrogen-bond acceptors (Lipinski definition) is 7. The van der Waals surface area contributed by atoms with Crippen molar-refractivity contribution in [2.75, 3.05) is 19.0 Å². The fourth-order valence-electron chi connectivity index (χ4n) is 4.83. The van der Waals surface area contributed by atoms with Gasteiger partial charge in [-0.15, -0.1) is 11.3 Å². The number of likely N-dealkylation sites (N-methyl/N-ethyl adjacent to an activating group) is 1. The lowest BCUT2D eigenvalue weighted by Gasteiger charge is -2.35. The van der Waals surface area contributed by atoms with Gasteiger partial charge in [0.2, 0.25) is 5.91 Å². The van der Waals surface area contributed by atoms with Crippen LogP contribution in [0.15, 0.2) is 24.4 Å². The van der Waals surface area contributed by atoms with E-state index in [0.29, 0.717) is 29.9 Å². The Morgan fingerprint density at radius 3 is 2.70 bits per heavy atom. The fourth-order valence-corrected chi connectivity index (χ4v) is 7.49. The van der Waals surface area contributed by atoms with E-state index >= 15 is 0 Å². The third-order valence-electron chi connectivity index (χ3n) is 6.91. The molecule has 9 nitrogen and oxygen atoms in total. The normalized spacial score (nSPS) is 25.9. The summed E-state index contributed by atoms with van der Waals surface area (Å²) in [5.74, 6) is -0.694. The molecule has 1 aliphatic heterocycles. The number of rotatable bonds is 7. The summed E-state index contributed by atoms with van der Waals surface area (Å²) in [5, 5.41) is 3.08. The van der Waals surface area contributed by atoms with Crippen LogP contribution in [0.25, 0.3) is 0 Å². The molecule has 1 amide bonds. The SMILES string of the molecule is CCOC(=O)CC1CCC(c2cnc(C3CC(C(=O)Nc4ccc(F)c(Cl)c4)N(C)S(=O)(=O)N3)s2)CC1. The maximum atomic E-state index is 13.5. The Hall–Kier alpha value is -2.12. The van der Waals surface area contributed by atoms with E-state index in [2.05, 4.69) is 15.0 Å². The van der Waals surface area contributed by atoms with Crippen LogP contribution in [0, 0.1) is 11.7 Å². The van der Waals surface area contributed by atoms with Crippen LogP contribution in [0.4, 0.5) is 10.1 Å². The quantitative estimate of drug-likeness (QED) is 0.475. The Balaban J connectivity index is 1.42. The van der Waals surface area contributed by atoms with E-state index in [4.69, 9.17) is 16.3 Å². The zero-order chi connectivity index (χ0) is 26.7.